The van der Waals surface area contributed by atoms with Gasteiger partial charge in [-0.05, 0) is 6.07 Å². The zero-order chi connectivity index (χ0) is 12.3. The van der Waals surface area contributed by atoms with E-state index in [4.69, 9.17) is 5.11 Å². The van der Waals surface area contributed by atoms with E-state index in [-0.39, 0.29) is 11.7 Å². The molecule has 1 N–H and O–H groups in total. The van der Waals surface area contributed by atoms with Crippen molar-refractivity contribution >= 4 is 11.8 Å². The minimum absolute atomic E-state index is 0.0345. The largest absolute Gasteiger partial charge is 0.481 e. The number of hydrogen-bond donors (Lipinski definition) is 1. The van der Waals surface area contributed by atoms with Crippen LogP contribution in [0.2, 0.25) is 0 Å². The van der Waals surface area contributed by atoms with Crippen molar-refractivity contribution in [2.45, 2.75) is 27.3 Å². The lowest BCUT2D eigenvalue weighted by Gasteiger charge is -2.06. The number of carbonyl (C=O) groups is 2. The maximum Gasteiger partial charge on any atom is 0.308 e. The summed E-state index contributed by atoms with van der Waals surface area (Å²) in [4.78, 5) is 22.3. The molecule has 4 heteroatoms. The number of hydrogen-bond acceptors (Lipinski definition) is 2. The number of aliphatic carboxylic acids is 1. The van der Waals surface area contributed by atoms with Crippen molar-refractivity contribution in [1.82, 2.24) is 4.57 Å². The van der Waals surface area contributed by atoms with Gasteiger partial charge in [0, 0.05) is 30.4 Å². The first kappa shape index (κ1) is 12.5. The van der Waals surface area contributed by atoms with Gasteiger partial charge < -0.3 is 9.67 Å². The average Bonchev–Trinajstić information content (AvgIpc) is 2.64. The van der Waals surface area contributed by atoms with Gasteiger partial charge in [0.15, 0.2) is 5.78 Å². The second kappa shape index (κ2) is 4.96. The molecule has 4 nitrogen and oxygen atoms in total. The molecule has 1 atom stereocenters. The Bertz CT molecular complexity index is 393. The SMILES string of the molecule is CC(C)C(=O)c1ccn(C[C@H](C)C(=O)O)c1. The van der Waals surface area contributed by atoms with Crippen molar-refractivity contribution in [3.05, 3.63) is 24.0 Å². The molecule has 0 fully saturated rings. The Morgan fingerprint density at radius 3 is 2.50 bits per heavy atom. The van der Waals surface area contributed by atoms with Crippen molar-refractivity contribution in [2.75, 3.05) is 0 Å². The molecule has 0 saturated heterocycles. The van der Waals surface area contributed by atoms with Gasteiger partial charge in [-0.2, -0.15) is 0 Å². The van der Waals surface area contributed by atoms with Crippen molar-refractivity contribution in [1.29, 1.82) is 0 Å². The summed E-state index contributed by atoms with van der Waals surface area (Å²) in [6.07, 6.45) is 3.46. The van der Waals surface area contributed by atoms with Gasteiger partial charge in [-0.15, -0.1) is 0 Å². The van der Waals surface area contributed by atoms with E-state index >= 15 is 0 Å². The van der Waals surface area contributed by atoms with Crippen LogP contribution in [0, 0.1) is 11.8 Å². The van der Waals surface area contributed by atoms with Crippen LogP contribution in [-0.2, 0) is 11.3 Å². The summed E-state index contributed by atoms with van der Waals surface area (Å²) in [7, 11) is 0. The molecule has 0 aliphatic heterocycles. The normalized spacial score (nSPS) is 12.8. The molecule has 0 aliphatic rings. The zero-order valence-electron chi connectivity index (χ0n) is 9.80. The Labute approximate surface area is 94.9 Å². The number of ketones is 1. The van der Waals surface area contributed by atoms with Gasteiger partial charge in [0.05, 0.1) is 5.92 Å². The number of Topliss-reactive ketones (excluding diaryl/α,β-unsaturated/α-hetero) is 1. The first-order valence-electron chi connectivity index (χ1n) is 5.34. The molecule has 0 aliphatic carbocycles. The van der Waals surface area contributed by atoms with Gasteiger partial charge in [-0.1, -0.05) is 20.8 Å². The highest BCUT2D eigenvalue weighted by Crippen LogP contribution is 2.10. The minimum atomic E-state index is -0.828. The van der Waals surface area contributed by atoms with Crippen LogP contribution in [0.3, 0.4) is 0 Å². The second-order valence-corrected chi connectivity index (χ2v) is 4.36. The summed E-state index contributed by atoms with van der Waals surface area (Å²) in [5.41, 5.74) is 0.646. The predicted molar refractivity (Wildman–Crippen MR) is 60.4 cm³/mol. The molecule has 0 amide bonds. The summed E-state index contributed by atoms with van der Waals surface area (Å²) in [6, 6.07) is 1.73. The highest BCUT2D eigenvalue weighted by atomic mass is 16.4. The van der Waals surface area contributed by atoms with E-state index in [9.17, 15) is 9.59 Å². The standard InChI is InChI=1S/C12H17NO3/c1-8(2)11(14)10-4-5-13(7-10)6-9(3)12(15)16/h4-5,7-9H,6H2,1-3H3,(H,15,16)/t9-/m0/s1. The molecule has 0 spiro atoms. The van der Waals surface area contributed by atoms with E-state index < -0.39 is 11.9 Å². The minimum Gasteiger partial charge on any atom is -0.481 e. The molecule has 1 aromatic rings. The van der Waals surface area contributed by atoms with Gasteiger partial charge >= 0.3 is 5.97 Å². The number of carboxylic acid groups (broad SMARTS) is 1. The third-order valence-electron chi connectivity index (χ3n) is 2.47. The third-order valence-corrected chi connectivity index (χ3v) is 2.47. The van der Waals surface area contributed by atoms with Gasteiger partial charge in [0.25, 0.3) is 0 Å². The molecule has 1 heterocycles. The second-order valence-electron chi connectivity index (χ2n) is 4.36. The molecule has 1 aromatic heterocycles. The van der Waals surface area contributed by atoms with E-state index in [1.165, 1.54) is 0 Å². The van der Waals surface area contributed by atoms with Crippen molar-refractivity contribution in [3.63, 3.8) is 0 Å². The summed E-state index contributed by atoms with van der Waals surface area (Å²) in [6.45, 7) is 5.73. The Morgan fingerprint density at radius 1 is 1.38 bits per heavy atom. The highest BCUT2D eigenvalue weighted by molar-refractivity contribution is 5.97. The average molecular weight is 223 g/mol. The third kappa shape index (κ3) is 2.95. The van der Waals surface area contributed by atoms with Gasteiger partial charge in [0.1, 0.15) is 0 Å². The molecule has 88 valence electrons. The number of rotatable bonds is 5. The van der Waals surface area contributed by atoms with Crippen LogP contribution in [-0.4, -0.2) is 21.4 Å². The van der Waals surface area contributed by atoms with Gasteiger partial charge in [-0.3, -0.25) is 9.59 Å². The first-order valence-corrected chi connectivity index (χ1v) is 5.34. The lowest BCUT2D eigenvalue weighted by Crippen LogP contribution is -2.15. The predicted octanol–water partition coefficient (Wildman–Crippen LogP) is 2.05. The number of carboxylic acids is 1. The van der Waals surface area contributed by atoms with Gasteiger partial charge in [-0.25, -0.2) is 0 Å². The molecule has 16 heavy (non-hydrogen) atoms. The van der Waals surface area contributed by atoms with E-state index in [0.717, 1.165) is 0 Å². The zero-order valence-corrected chi connectivity index (χ0v) is 9.80. The Hall–Kier alpha value is -1.58. The van der Waals surface area contributed by atoms with E-state index in [1.54, 1.807) is 30.0 Å². The summed E-state index contributed by atoms with van der Waals surface area (Å²) < 4.78 is 1.74. The van der Waals surface area contributed by atoms with Crippen molar-refractivity contribution in [2.24, 2.45) is 11.8 Å². The number of aromatic nitrogens is 1. The first-order chi connectivity index (χ1) is 7.41. The van der Waals surface area contributed by atoms with Crippen LogP contribution in [0.25, 0.3) is 0 Å². The maximum absolute atomic E-state index is 11.6. The van der Waals surface area contributed by atoms with Crippen LogP contribution < -0.4 is 0 Å². The van der Waals surface area contributed by atoms with Crippen LogP contribution in [0.5, 0.6) is 0 Å². The molecule has 0 saturated carbocycles. The van der Waals surface area contributed by atoms with Crippen LogP contribution in [0.1, 0.15) is 31.1 Å². The number of nitrogens with zero attached hydrogens (tertiary/aromatic N) is 1. The Morgan fingerprint density at radius 2 is 2.00 bits per heavy atom. The highest BCUT2D eigenvalue weighted by Gasteiger charge is 2.14. The van der Waals surface area contributed by atoms with Gasteiger partial charge in [0.2, 0.25) is 0 Å². The summed E-state index contributed by atoms with van der Waals surface area (Å²) in [5, 5.41) is 8.77. The molecule has 0 radical (unpaired) electrons. The topological polar surface area (TPSA) is 59.3 Å². The lowest BCUT2D eigenvalue weighted by molar-refractivity contribution is -0.141. The monoisotopic (exact) mass is 223 g/mol. The molecule has 0 unspecified atom stereocenters. The Balaban J connectivity index is 2.72. The molecular weight excluding hydrogens is 206 g/mol. The maximum atomic E-state index is 11.6. The molecule has 0 bridgehead atoms. The smallest absolute Gasteiger partial charge is 0.308 e. The molecule has 0 aromatic carbocycles. The van der Waals surface area contributed by atoms with Crippen molar-refractivity contribution < 1.29 is 14.7 Å². The van der Waals surface area contributed by atoms with Crippen LogP contribution in [0.4, 0.5) is 0 Å². The summed E-state index contributed by atoms with van der Waals surface area (Å²) in [5.74, 6) is -1.23. The van der Waals surface area contributed by atoms with E-state index in [1.807, 2.05) is 13.8 Å². The Kier molecular flexibility index (Phi) is 3.88. The quantitative estimate of drug-likeness (QED) is 0.777. The molecular formula is C12H17NO3. The van der Waals surface area contributed by atoms with Crippen LogP contribution in [0.15, 0.2) is 18.5 Å². The fourth-order valence-corrected chi connectivity index (χ4v) is 1.43. The van der Waals surface area contributed by atoms with Crippen LogP contribution >= 0.6 is 0 Å². The fraction of sp³-hybridized carbons (Fsp3) is 0.500. The fourth-order valence-electron chi connectivity index (χ4n) is 1.43. The summed E-state index contributed by atoms with van der Waals surface area (Å²) >= 11 is 0. The number of carbonyl (C=O) groups excluding carboxylic acids is 1. The van der Waals surface area contributed by atoms with E-state index in [2.05, 4.69) is 0 Å². The molecule has 1 rings (SSSR count). The van der Waals surface area contributed by atoms with Crippen molar-refractivity contribution in [3.8, 4) is 0 Å². The lowest BCUT2D eigenvalue weighted by atomic mass is 10.0. The van der Waals surface area contributed by atoms with E-state index in [0.29, 0.717) is 12.1 Å².